The highest BCUT2D eigenvalue weighted by Gasteiger charge is 2.21. The van der Waals surface area contributed by atoms with Crippen LogP contribution in [-0.2, 0) is 4.79 Å². The van der Waals surface area contributed by atoms with Gasteiger partial charge in [0.1, 0.15) is 0 Å². The summed E-state index contributed by atoms with van der Waals surface area (Å²) in [4.78, 5) is 29.0. The summed E-state index contributed by atoms with van der Waals surface area (Å²) in [5.41, 5.74) is 2.10. The first-order valence-electron chi connectivity index (χ1n) is 10.3. The Bertz CT molecular complexity index is 719. The maximum atomic E-state index is 12.7. The van der Waals surface area contributed by atoms with Crippen molar-refractivity contribution in [3.8, 4) is 0 Å². The average molecular weight is 404 g/mol. The standard InChI is InChI=1S/C22H30ClN3O2/c23-20-9-4-8-19(16-20)22(28)26-13-5-12-25(14-15-26)17-21(27)24-11-10-18-6-2-1-3-7-18/h4,6,8-9,16H,1-3,5,7,10-15,17H2,(H,24,27). The van der Waals surface area contributed by atoms with Gasteiger partial charge in [0.2, 0.25) is 5.91 Å². The smallest absolute Gasteiger partial charge is 0.253 e. The van der Waals surface area contributed by atoms with Crippen molar-refractivity contribution in [1.82, 2.24) is 15.1 Å². The zero-order valence-corrected chi connectivity index (χ0v) is 17.2. The van der Waals surface area contributed by atoms with Gasteiger partial charge >= 0.3 is 0 Å². The monoisotopic (exact) mass is 403 g/mol. The van der Waals surface area contributed by atoms with Crippen molar-refractivity contribution >= 4 is 23.4 Å². The number of benzene rings is 1. The van der Waals surface area contributed by atoms with E-state index in [1.807, 2.05) is 4.90 Å². The molecule has 1 aliphatic carbocycles. The van der Waals surface area contributed by atoms with Gasteiger partial charge in [0, 0.05) is 43.3 Å². The fourth-order valence-corrected chi connectivity index (χ4v) is 4.08. The van der Waals surface area contributed by atoms with Crippen molar-refractivity contribution in [2.45, 2.75) is 38.5 Å². The van der Waals surface area contributed by atoms with Gasteiger partial charge in [-0.1, -0.05) is 29.3 Å². The van der Waals surface area contributed by atoms with Crippen LogP contribution in [0.1, 0.15) is 48.9 Å². The number of halogens is 1. The maximum absolute atomic E-state index is 12.7. The Balaban J connectivity index is 1.41. The van der Waals surface area contributed by atoms with E-state index in [9.17, 15) is 9.59 Å². The maximum Gasteiger partial charge on any atom is 0.253 e. The van der Waals surface area contributed by atoms with Gasteiger partial charge in [0.25, 0.3) is 5.91 Å². The molecule has 1 N–H and O–H groups in total. The van der Waals surface area contributed by atoms with E-state index in [4.69, 9.17) is 11.6 Å². The zero-order chi connectivity index (χ0) is 19.8. The zero-order valence-electron chi connectivity index (χ0n) is 16.5. The Morgan fingerprint density at radius 1 is 1.07 bits per heavy atom. The Hall–Kier alpha value is -1.85. The molecule has 3 rings (SSSR count). The van der Waals surface area contributed by atoms with Gasteiger partial charge in [0.05, 0.1) is 6.54 Å². The summed E-state index contributed by atoms with van der Waals surface area (Å²) < 4.78 is 0. The fraction of sp³-hybridized carbons (Fsp3) is 0.545. The Kier molecular flexibility index (Phi) is 7.92. The van der Waals surface area contributed by atoms with Gasteiger partial charge in [-0.25, -0.2) is 0 Å². The van der Waals surface area contributed by atoms with Crippen LogP contribution in [0.5, 0.6) is 0 Å². The highest BCUT2D eigenvalue weighted by Crippen LogP contribution is 2.19. The van der Waals surface area contributed by atoms with E-state index in [2.05, 4.69) is 16.3 Å². The lowest BCUT2D eigenvalue weighted by atomic mass is 9.97. The van der Waals surface area contributed by atoms with Gasteiger partial charge < -0.3 is 10.2 Å². The van der Waals surface area contributed by atoms with Crippen LogP contribution < -0.4 is 5.32 Å². The van der Waals surface area contributed by atoms with Crippen LogP contribution in [-0.4, -0.2) is 60.9 Å². The molecule has 0 atom stereocenters. The second-order valence-electron chi connectivity index (χ2n) is 7.64. The molecule has 1 fully saturated rings. The molecule has 28 heavy (non-hydrogen) atoms. The van der Waals surface area contributed by atoms with Crippen molar-refractivity contribution < 1.29 is 9.59 Å². The number of carbonyl (C=O) groups is 2. The van der Waals surface area contributed by atoms with Crippen molar-refractivity contribution in [3.63, 3.8) is 0 Å². The molecule has 2 aliphatic rings. The summed E-state index contributed by atoms with van der Waals surface area (Å²) in [6, 6.07) is 7.08. The third-order valence-electron chi connectivity index (χ3n) is 5.47. The van der Waals surface area contributed by atoms with Gasteiger partial charge in [-0.3, -0.25) is 14.5 Å². The van der Waals surface area contributed by atoms with E-state index in [1.54, 1.807) is 24.3 Å². The molecule has 1 aromatic rings. The molecule has 5 nitrogen and oxygen atoms in total. The minimum Gasteiger partial charge on any atom is -0.355 e. The number of carbonyl (C=O) groups excluding carboxylic acids is 2. The Morgan fingerprint density at radius 2 is 1.96 bits per heavy atom. The molecule has 0 unspecified atom stereocenters. The van der Waals surface area contributed by atoms with Crippen molar-refractivity contribution in [3.05, 3.63) is 46.5 Å². The molecule has 1 aliphatic heterocycles. The summed E-state index contributed by atoms with van der Waals surface area (Å²) in [5, 5.41) is 3.62. The molecule has 0 spiro atoms. The number of nitrogens with zero attached hydrogens (tertiary/aromatic N) is 2. The molecule has 152 valence electrons. The topological polar surface area (TPSA) is 52.7 Å². The minimum atomic E-state index is 0.00885. The average Bonchev–Trinajstić information content (AvgIpc) is 2.94. The predicted molar refractivity (Wildman–Crippen MR) is 113 cm³/mol. The molecule has 6 heteroatoms. The predicted octanol–water partition coefficient (Wildman–Crippen LogP) is 3.49. The van der Waals surface area contributed by atoms with E-state index >= 15 is 0 Å². The Labute approximate surface area is 172 Å². The Morgan fingerprint density at radius 3 is 2.75 bits per heavy atom. The third-order valence-corrected chi connectivity index (χ3v) is 5.70. The second-order valence-corrected chi connectivity index (χ2v) is 8.08. The van der Waals surface area contributed by atoms with E-state index in [-0.39, 0.29) is 11.8 Å². The highest BCUT2D eigenvalue weighted by atomic mass is 35.5. The molecular weight excluding hydrogens is 374 g/mol. The van der Waals surface area contributed by atoms with Crippen LogP contribution in [0.2, 0.25) is 5.02 Å². The SMILES string of the molecule is O=C(CN1CCCN(C(=O)c2cccc(Cl)c2)CC1)NCCC1=CCCCC1. The molecule has 0 saturated carbocycles. The fourth-order valence-electron chi connectivity index (χ4n) is 3.89. The van der Waals surface area contributed by atoms with Gasteiger partial charge in [-0.15, -0.1) is 0 Å². The molecular formula is C22H30ClN3O2. The largest absolute Gasteiger partial charge is 0.355 e. The van der Waals surface area contributed by atoms with Crippen LogP contribution in [0.25, 0.3) is 0 Å². The van der Waals surface area contributed by atoms with Gasteiger partial charge in [-0.05, 0) is 56.7 Å². The molecule has 1 aromatic carbocycles. The first kappa shape index (κ1) is 20.9. The first-order valence-corrected chi connectivity index (χ1v) is 10.7. The quantitative estimate of drug-likeness (QED) is 0.739. The lowest BCUT2D eigenvalue weighted by Crippen LogP contribution is -2.40. The first-order chi connectivity index (χ1) is 13.6. The summed E-state index contributed by atoms with van der Waals surface area (Å²) in [6.45, 7) is 4.00. The third kappa shape index (κ3) is 6.35. The number of hydrogen-bond donors (Lipinski definition) is 1. The number of allylic oxidation sites excluding steroid dienone is 1. The number of nitrogens with one attached hydrogen (secondary N) is 1. The number of rotatable bonds is 6. The van der Waals surface area contributed by atoms with Crippen LogP contribution in [0.15, 0.2) is 35.9 Å². The lowest BCUT2D eigenvalue weighted by Gasteiger charge is -2.22. The molecule has 0 aromatic heterocycles. The highest BCUT2D eigenvalue weighted by molar-refractivity contribution is 6.30. The van der Waals surface area contributed by atoms with E-state index in [1.165, 1.54) is 31.3 Å². The van der Waals surface area contributed by atoms with E-state index in [0.29, 0.717) is 36.8 Å². The normalized spacial score (nSPS) is 18.3. The van der Waals surface area contributed by atoms with Crippen molar-refractivity contribution in [2.24, 2.45) is 0 Å². The molecule has 1 heterocycles. The van der Waals surface area contributed by atoms with Crippen LogP contribution in [0.3, 0.4) is 0 Å². The summed E-state index contributed by atoms with van der Waals surface area (Å²) in [6.07, 6.45) is 9.09. The summed E-state index contributed by atoms with van der Waals surface area (Å²) >= 11 is 6.00. The van der Waals surface area contributed by atoms with Crippen LogP contribution >= 0.6 is 11.6 Å². The van der Waals surface area contributed by atoms with Gasteiger partial charge in [0.15, 0.2) is 0 Å². The molecule has 0 radical (unpaired) electrons. The van der Waals surface area contributed by atoms with Crippen molar-refractivity contribution in [2.75, 3.05) is 39.3 Å². The second kappa shape index (κ2) is 10.6. The number of hydrogen-bond acceptors (Lipinski definition) is 3. The van der Waals surface area contributed by atoms with Crippen LogP contribution in [0, 0.1) is 0 Å². The summed E-state index contributed by atoms with van der Waals surface area (Å²) in [5.74, 6) is 0.0839. The van der Waals surface area contributed by atoms with E-state index in [0.717, 1.165) is 25.9 Å². The van der Waals surface area contributed by atoms with Crippen LogP contribution in [0.4, 0.5) is 0 Å². The summed E-state index contributed by atoms with van der Waals surface area (Å²) in [7, 11) is 0. The number of amides is 2. The molecule has 0 bridgehead atoms. The molecule has 1 saturated heterocycles. The minimum absolute atomic E-state index is 0.00885. The molecule has 2 amide bonds. The van der Waals surface area contributed by atoms with Gasteiger partial charge in [-0.2, -0.15) is 0 Å². The van der Waals surface area contributed by atoms with E-state index < -0.39 is 0 Å². The lowest BCUT2D eigenvalue weighted by molar-refractivity contribution is -0.122. The van der Waals surface area contributed by atoms with Crippen molar-refractivity contribution in [1.29, 1.82) is 0 Å².